The molecule has 1 rings (SSSR count). The van der Waals surface area contributed by atoms with Crippen LogP contribution in [0, 0.1) is 0 Å². The van der Waals surface area contributed by atoms with Crippen LogP contribution in [0.5, 0.6) is 0 Å². The fourth-order valence-electron chi connectivity index (χ4n) is 1.78. The van der Waals surface area contributed by atoms with Gasteiger partial charge in [-0.05, 0) is 18.6 Å². The minimum atomic E-state index is -0.920. The molecule has 104 valence electrons. The van der Waals surface area contributed by atoms with E-state index in [2.05, 4.69) is 10.3 Å². The Kier molecular flexibility index (Phi) is 5.95. The van der Waals surface area contributed by atoms with Crippen molar-refractivity contribution in [3.05, 3.63) is 29.6 Å². The maximum absolute atomic E-state index is 12.0. The minimum absolute atomic E-state index is 0.0750. The second kappa shape index (κ2) is 7.48. The van der Waals surface area contributed by atoms with Crippen molar-refractivity contribution in [2.75, 3.05) is 0 Å². The van der Waals surface area contributed by atoms with E-state index in [1.54, 1.807) is 12.1 Å². The fourth-order valence-corrected chi connectivity index (χ4v) is 1.78. The molecule has 0 fully saturated rings. The zero-order valence-electron chi connectivity index (χ0n) is 10.9. The van der Waals surface area contributed by atoms with E-state index in [1.807, 2.05) is 6.92 Å². The average molecular weight is 265 g/mol. The minimum Gasteiger partial charge on any atom is -0.481 e. The molecular weight excluding hydrogens is 246 g/mol. The summed E-state index contributed by atoms with van der Waals surface area (Å²) < 4.78 is 0. The molecule has 6 heteroatoms. The third-order valence-electron chi connectivity index (χ3n) is 2.68. The molecule has 0 spiro atoms. The van der Waals surface area contributed by atoms with Crippen molar-refractivity contribution in [2.24, 2.45) is 5.73 Å². The Morgan fingerprint density at radius 2 is 2.26 bits per heavy atom. The predicted molar refractivity (Wildman–Crippen MR) is 70.5 cm³/mol. The standard InChI is InChI=1S/C13H19N3O3/c1-2-3-10(7-12(17)18)16-13(19)9-4-5-15-11(6-9)8-14/h4-6,10H,2-3,7-8,14H2,1H3,(H,16,19)(H,17,18). The van der Waals surface area contributed by atoms with E-state index in [0.29, 0.717) is 17.7 Å². The summed E-state index contributed by atoms with van der Waals surface area (Å²) in [6, 6.07) is 2.83. The summed E-state index contributed by atoms with van der Waals surface area (Å²) in [7, 11) is 0. The first-order valence-electron chi connectivity index (χ1n) is 6.24. The maximum Gasteiger partial charge on any atom is 0.305 e. The van der Waals surface area contributed by atoms with E-state index in [9.17, 15) is 9.59 Å². The van der Waals surface area contributed by atoms with Gasteiger partial charge in [0.25, 0.3) is 5.91 Å². The number of carbonyl (C=O) groups is 2. The number of nitrogens with one attached hydrogen (secondary N) is 1. The summed E-state index contributed by atoms with van der Waals surface area (Å²) in [5.41, 5.74) is 6.53. The zero-order valence-corrected chi connectivity index (χ0v) is 10.9. The lowest BCUT2D eigenvalue weighted by molar-refractivity contribution is -0.137. The number of rotatable bonds is 7. The van der Waals surface area contributed by atoms with Gasteiger partial charge in [0.15, 0.2) is 0 Å². The molecule has 6 nitrogen and oxygen atoms in total. The molecule has 0 aliphatic heterocycles. The van der Waals surface area contributed by atoms with Crippen LogP contribution in [0.2, 0.25) is 0 Å². The van der Waals surface area contributed by atoms with Crippen LogP contribution in [-0.2, 0) is 11.3 Å². The molecule has 0 saturated carbocycles. The average Bonchev–Trinajstić information content (AvgIpc) is 2.38. The number of carbonyl (C=O) groups excluding carboxylic acids is 1. The summed E-state index contributed by atoms with van der Waals surface area (Å²) in [5.74, 6) is -1.21. The zero-order chi connectivity index (χ0) is 14.3. The molecule has 0 aromatic carbocycles. The molecular formula is C13H19N3O3. The number of aliphatic carboxylic acids is 1. The van der Waals surface area contributed by atoms with Crippen molar-refractivity contribution < 1.29 is 14.7 Å². The Morgan fingerprint density at radius 3 is 2.84 bits per heavy atom. The number of carboxylic acid groups (broad SMARTS) is 1. The van der Waals surface area contributed by atoms with Gasteiger partial charge < -0.3 is 16.2 Å². The van der Waals surface area contributed by atoms with Gasteiger partial charge in [-0.25, -0.2) is 0 Å². The van der Waals surface area contributed by atoms with Crippen molar-refractivity contribution in [1.29, 1.82) is 0 Å². The van der Waals surface area contributed by atoms with Gasteiger partial charge in [-0.15, -0.1) is 0 Å². The van der Waals surface area contributed by atoms with E-state index in [0.717, 1.165) is 6.42 Å². The van der Waals surface area contributed by atoms with Crippen molar-refractivity contribution in [1.82, 2.24) is 10.3 Å². The fraction of sp³-hybridized carbons (Fsp3) is 0.462. The molecule has 19 heavy (non-hydrogen) atoms. The van der Waals surface area contributed by atoms with Crippen LogP contribution in [0.4, 0.5) is 0 Å². The number of nitrogens with two attached hydrogens (primary N) is 1. The molecule has 0 radical (unpaired) electrons. The van der Waals surface area contributed by atoms with Gasteiger partial charge >= 0.3 is 5.97 Å². The highest BCUT2D eigenvalue weighted by Crippen LogP contribution is 2.06. The van der Waals surface area contributed by atoms with Gasteiger partial charge in [0.1, 0.15) is 0 Å². The van der Waals surface area contributed by atoms with Gasteiger partial charge in [-0.3, -0.25) is 14.6 Å². The molecule has 1 aromatic heterocycles. The molecule has 1 atom stereocenters. The van der Waals surface area contributed by atoms with Crippen LogP contribution < -0.4 is 11.1 Å². The molecule has 1 aromatic rings. The quantitative estimate of drug-likeness (QED) is 0.679. The lowest BCUT2D eigenvalue weighted by Crippen LogP contribution is -2.36. The van der Waals surface area contributed by atoms with Crippen molar-refractivity contribution in [3.63, 3.8) is 0 Å². The molecule has 1 unspecified atom stereocenters. The first kappa shape index (κ1) is 15.1. The Balaban J connectivity index is 2.72. The SMILES string of the molecule is CCCC(CC(=O)O)NC(=O)c1ccnc(CN)c1. The maximum atomic E-state index is 12.0. The molecule has 4 N–H and O–H groups in total. The van der Waals surface area contributed by atoms with Gasteiger partial charge in [-0.2, -0.15) is 0 Å². The van der Waals surface area contributed by atoms with Crippen LogP contribution in [0.1, 0.15) is 42.2 Å². The summed E-state index contributed by atoms with van der Waals surface area (Å²) in [5, 5.41) is 11.5. The van der Waals surface area contributed by atoms with Gasteiger partial charge in [-0.1, -0.05) is 13.3 Å². The number of carboxylic acids is 1. The monoisotopic (exact) mass is 265 g/mol. The Morgan fingerprint density at radius 1 is 1.53 bits per heavy atom. The first-order chi connectivity index (χ1) is 9.06. The molecule has 0 aliphatic carbocycles. The summed E-state index contributed by atoms with van der Waals surface area (Å²) >= 11 is 0. The highest BCUT2D eigenvalue weighted by Gasteiger charge is 2.16. The van der Waals surface area contributed by atoms with E-state index in [1.165, 1.54) is 6.20 Å². The number of aromatic nitrogens is 1. The van der Waals surface area contributed by atoms with Crippen LogP contribution in [0.15, 0.2) is 18.3 Å². The molecule has 0 aliphatic rings. The van der Waals surface area contributed by atoms with Crippen LogP contribution in [0.3, 0.4) is 0 Å². The second-order valence-corrected chi connectivity index (χ2v) is 4.30. The third kappa shape index (κ3) is 5.05. The molecule has 0 saturated heterocycles. The first-order valence-corrected chi connectivity index (χ1v) is 6.24. The normalized spacial score (nSPS) is 11.9. The Labute approximate surface area is 112 Å². The summed E-state index contributed by atoms with van der Waals surface area (Å²) in [4.78, 5) is 26.7. The molecule has 1 amide bonds. The molecule has 0 bridgehead atoms. The van der Waals surface area contributed by atoms with E-state index in [-0.39, 0.29) is 24.9 Å². The van der Waals surface area contributed by atoms with Gasteiger partial charge in [0.2, 0.25) is 0 Å². The number of amides is 1. The van der Waals surface area contributed by atoms with Crippen LogP contribution in [-0.4, -0.2) is 28.0 Å². The lowest BCUT2D eigenvalue weighted by Gasteiger charge is -2.16. The number of hydrogen-bond donors (Lipinski definition) is 3. The highest BCUT2D eigenvalue weighted by atomic mass is 16.4. The van der Waals surface area contributed by atoms with E-state index >= 15 is 0 Å². The van der Waals surface area contributed by atoms with Gasteiger partial charge in [0, 0.05) is 24.3 Å². The van der Waals surface area contributed by atoms with Crippen LogP contribution >= 0.6 is 0 Å². The number of nitrogens with zero attached hydrogens (tertiary/aromatic N) is 1. The van der Waals surface area contributed by atoms with Crippen molar-refractivity contribution >= 4 is 11.9 Å². The third-order valence-corrected chi connectivity index (χ3v) is 2.68. The number of hydrogen-bond acceptors (Lipinski definition) is 4. The Bertz CT molecular complexity index is 449. The second-order valence-electron chi connectivity index (χ2n) is 4.30. The molecule has 1 heterocycles. The highest BCUT2D eigenvalue weighted by molar-refractivity contribution is 5.94. The smallest absolute Gasteiger partial charge is 0.305 e. The van der Waals surface area contributed by atoms with Gasteiger partial charge in [0.05, 0.1) is 12.1 Å². The van der Waals surface area contributed by atoms with E-state index < -0.39 is 5.97 Å². The lowest BCUT2D eigenvalue weighted by atomic mass is 10.1. The largest absolute Gasteiger partial charge is 0.481 e. The predicted octanol–water partition coefficient (Wildman–Crippen LogP) is 0.913. The number of pyridine rings is 1. The van der Waals surface area contributed by atoms with Crippen LogP contribution in [0.25, 0.3) is 0 Å². The summed E-state index contributed by atoms with van der Waals surface area (Å²) in [6.45, 7) is 2.20. The van der Waals surface area contributed by atoms with Crippen molar-refractivity contribution in [3.8, 4) is 0 Å². The summed E-state index contributed by atoms with van der Waals surface area (Å²) in [6.07, 6.45) is 2.88. The van der Waals surface area contributed by atoms with Crippen molar-refractivity contribution in [2.45, 2.75) is 38.8 Å². The Hall–Kier alpha value is -1.95. The topological polar surface area (TPSA) is 105 Å². The van der Waals surface area contributed by atoms with E-state index in [4.69, 9.17) is 10.8 Å².